The summed E-state index contributed by atoms with van der Waals surface area (Å²) in [4.78, 5) is 23.6. The third-order valence-electron chi connectivity index (χ3n) is 4.77. The van der Waals surface area contributed by atoms with E-state index < -0.39 is 5.97 Å². The number of phenolic OH excluding ortho intramolecular Hbond substituents is 1. The Morgan fingerprint density at radius 1 is 1.24 bits per heavy atom. The number of phenols is 1. The Morgan fingerprint density at radius 2 is 1.95 bits per heavy atom. The van der Waals surface area contributed by atoms with E-state index in [0.29, 0.717) is 11.8 Å². The number of hydrogen-bond acceptors (Lipinski definition) is 4. The number of carboxylic acids is 1. The van der Waals surface area contributed by atoms with Gasteiger partial charge in [-0.3, -0.25) is 4.79 Å². The molecule has 0 saturated heterocycles. The van der Waals surface area contributed by atoms with Crippen molar-refractivity contribution in [1.82, 2.24) is 0 Å². The van der Waals surface area contributed by atoms with Crippen LogP contribution in [0.4, 0.5) is 5.69 Å². The van der Waals surface area contributed by atoms with Crippen molar-refractivity contribution in [2.45, 2.75) is 25.3 Å². The van der Waals surface area contributed by atoms with Crippen LogP contribution in [0.15, 0.2) is 18.2 Å². The van der Waals surface area contributed by atoms with Gasteiger partial charge in [0.1, 0.15) is 5.75 Å². The van der Waals surface area contributed by atoms with Crippen molar-refractivity contribution in [2.24, 2.45) is 23.5 Å². The van der Waals surface area contributed by atoms with Gasteiger partial charge in [-0.1, -0.05) is 0 Å². The molecule has 1 aromatic rings. The first-order chi connectivity index (χ1) is 9.97. The number of aromatic carboxylic acids is 1. The van der Waals surface area contributed by atoms with E-state index in [1.54, 1.807) is 0 Å². The van der Waals surface area contributed by atoms with Crippen LogP contribution in [0.5, 0.6) is 5.75 Å². The maximum Gasteiger partial charge on any atom is 0.337 e. The number of hydrogen-bond donors (Lipinski definition) is 4. The maximum atomic E-state index is 12.4. The summed E-state index contributed by atoms with van der Waals surface area (Å²) in [5.74, 6) is -1.11. The predicted octanol–water partition coefficient (Wildman–Crippen LogP) is 1.40. The maximum absolute atomic E-state index is 12.4. The predicted molar refractivity (Wildman–Crippen MR) is 76.0 cm³/mol. The molecule has 0 aliphatic heterocycles. The second kappa shape index (κ2) is 5.04. The standard InChI is InChI=1S/C15H18N2O4/c16-13-8-2-1-7(5-8)12(13)14(19)17-11-4-3-9(18)6-10(11)15(20)21/h3-4,6-8,12-13,18H,1-2,5,16H2,(H,17,19)(H,20,21). The average molecular weight is 290 g/mol. The van der Waals surface area contributed by atoms with Crippen LogP contribution < -0.4 is 11.1 Å². The van der Waals surface area contributed by atoms with Gasteiger partial charge >= 0.3 is 5.97 Å². The molecule has 1 aromatic carbocycles. The molecular formula is C15H18N2O4. The van der Waals surface area contributed by atoms with Crippen molar-refractivity contribution >= 4 is 17.6 Å². The van der Waals surface area contributed by atoms with Crippen molar-refractivity contribution in [3.63, 3.8) is 0 Å². The van der Waals surface area contributed by atoms with Crippen LogP contribution in [-0.2, 0) is 4.79 Å². The van der Waals surface area contributed by atoms with Gasteiger partial charge in [-0.2, -0.15) is 0 Å². The van der Waals surface area contributed by atoms with E-state index in [1.807, 2.05) is 0 Å². The molecule has 5 N–H and O–H groups in total. The van der Waals surface area contributed by atoms with Crippen LogP contribution in [0.25, 0.3) is 0 Å². The zero-order chi connectivity index (χ0) is 15.1. The number of carboxylic acid groups (broad SMARTS) is 1. The van der Waals surface area contributed by atoms with Gasteiger partial charge in [-0.25, -0.2) is 4.79 Å². The summed E-state index contributed by atoms with van der Waals surface area (Å²) in [7, 11) is 0. The first-order valence-corrected chi connectivity index (χ1v) is 7.10. The Labute approximate surface area is 122 Å². The SMILES string of the molecule is NC1C2CCC(C2)C1C(=O)Nc1ccc(O)cc1C(=O)O. The highest BCUT2D eigenvalue weighted by Crippen LogP contribution is 2.48. The highest BCUT2D eigenvalue weighted by molar-refractivity contribution is 6.01. The fourth-order valence-corrected chi connectivity index (χ4v) is 3.76. The van der Waals surface area contributed by atoms with E-state index in [2.05, 4.69) is 5.32 Å². The van der Waals surface area contributed by atoms with E-state index in [4.69, 9.17) is 10.8 Å². The number of carbonyl (C=O) groups excluding carboxylic acids is 1. The average Bonchev–Trinajstić information content (AvgIpc) is 3.01. The first-order valence-electron chi connectivity index (χ1n) is 7.10. The minimum Gasteiger partial charge on any atom is -0.508 e. The van der Waals surface area contributed by atoms with Gasteiger partial charge in [0.25, 0.3) is 0 Å². The van der Waals surface area contributed by atoms with Crippen molar-refractivity contribution in [3.05, 3.63) is 23.8 Å². The molecule has 6 nitrogen and oxygen atoms in total. The van der Waals surface area contributed by atoms with Crippen LogP contribution in [-0.4, -0.2) is 28.1 Å². The summed E-state index contributed by atoms with van der Waals surface area (Å²) in [6, 6.07) is 3.73. The van der Waals surface area contributed by atoms with Gasteiger partial charge in [-0.05, 0) is 49.3 Å². The largest absolute Gasteiger partial charge is 0.508 e. The van der Waals surface area contributed by atoms with Gasteiger partial charge in [0.15, 0.2) is 0 Å². The van der Waals surface area contributed by atoms with Crippen LogP contribution in [0.1, 0.15) is 29.6 Å². The second-order valence-electron chi connectivity index (χ2n) is 5.96. The Balaban J connectivity index is 1.81. The normalized spacial score (nSPS) is 30.3. The molecule has 3 rings (SSSR count). The zero-order valence-electron chi connectivity index (χ0n) is 11.5. The summed E-state index contributed by atoms with van der Waals surface area (Å²) in [6.07, 6.45) is 3.08. The second-order valence-corrected chi connectivity index (χ2v) is 5.96. The molecule has 0 spiro atoms. The molecule has 0 heterocycles. The Kier molecular flexibility index (Phi) is 3.33. The molecule has 2 saturated carbocycles. The summed E-state index contributed by atoms with van der Waals surface area (Å²) < 4.78 is 0. The Hall–Kier alpha value is -2.08. The number of aromatic hydroxyl groups is 1. The topological polar surface area (TPSA) is 113 Å². The number of nitrogens with one attached hydrogen (secondary N) is 1. The summed E-state index contributed by atoms with van der Waals surface area (Å²) in [5.41, 5.74) is 6.19. The molecule has 2 bridgehead atoms. The monoisotopic (exact) mass is 290 g/mol. The zero-order valence-corrected chi connectivity index (χ0v) is 11.5. The van der Waals surface area contributed by atoms with Crippen LogP contribution in [0.2, 0.25) is 0 Å². The molecule has 4 atom stereocenters. The molecular weight excluding hydrogens is 272 g/mol. The van der Waals surface area contributed by atoms with E-state index in [0.717, 1.165) is 25.3 Å². The van der Waals surface area contributed by atoms with Crippen molar-refractivity contribution in [2.75, 3.05) is 5.32 Å². The molecule has 112 valence electrons. The molecule has 1 amide bonds. The molecule has 6 heteroatoms. The first kappa shape index (κ1) is 13.9. The fraction of sp³-hybridized carbons (Fsp3) is 0.467. The highest BCUT2D eigenvalue weighted by atomic mass is 16.4. The lowest BCUT2D eigenvalue weighted by Crippen LogP contribution is -2.42. The van der Waals surface area contributed by atoms with E-state index in [1.165, 1.54) is 12.1 Å². The quantitative estimate of drug-likeness (QED) is 0.629. The number of nitrogens with two attached hydrogens (primary N) is 1. The number of fused-ring (bicyclic) bond motifs is 2. The molecule has 2 aliphatic carbocycles. The minimum absolute atomic E-state index is 0.125. The molecule has 4 unspecified atom stereocenters. The van der Waals surface area contributed by atoms with Crippen LogP contribution in [0, 0.1) is 17.8 Å². The summed E-state index contributed by atoms with van der Waals surface area (Å²) >= 11 is 0. The lowest BCUT2D eigenvalue weighted by molar-refractivity contribution is -0.121. The van der Waals surface area contributed by atoms with Crippen molar-refractivity contribution in [3.8, 4) is 5.75 Å². The number of carbonyl (C=O) groups is 2. The number of amides is 1. The van der Waals surface area contributed by atoms with E-state index >= 15 is 0 Å². The third-order valence-corrected chi connectivity index (χ3v) is 4.77. The molecule has 0 radical (unpaired) electrons. The Morgan fingerprint density at radius 3 is 2.57 bits per heavy atom. The van der Waals surface area contributed by atoms with Crippen LogP contribution >= 0.6 is 0 Å². The lowest BCUT2D eigenvalue weighted by atomic mass is 9.84. The highest BCUT2D eigenvalue weighted by Gasteiger charge is 2.49. The number of anilines is 1. The van der Waals surface area contributed by atoms with Gasteiger partial charge in [0.2, 0.25) is 5.91 Å². The van der Waals surface area contributed by atoms with Gasteiger partial charge in [0.05, 0.1) is 17.2 Å². The summed E-state index contributed by atoms with van der Waals surface area (Å²) in [6.45, 7) is 0. The lowest BCUT2D eigenvalue weighted by Gasteiger charge is -2.27. The minimum atomic E-state index is -1.20. The molecule has 0 aromatic heterocycles. The van der Waals surface area contributed by atoms with E-state index in [9.17, 15) is 14.7 Å². The van der Waals surface area contributed by atoms with Gasteiger partial charge in [-0.15, -0.1) is 0 Å². The van der Waals surface area contributed by atoms with Crippen molar-refractivity contribution < 1.29 is 19.8 Å². The fourth-order valence-electron chi connectivity index (χ4n) is 3.76. The molecule has 21 heavy (non-hydrogen) atoms. The molecule has 2 fully saturated rings. The number of benzene rings is 1. The van der Waals surface area contributed by atoms with Gasteiger partial charge in [0, 0.05) is 6.04 Å². The van der Waals surface area contributed by atoms with Crippen molar-refractivity contribution in [1.29, 1.82) is 0 Å². The van der Waals surface area contributed by atoms with Gasteiger partial charge < -0.3 is 21.3 Å². The Bertz CT molecular complexity index is 599. The molecule has 2 aliphatic rings. The van der Waals surface area contributed by atoms with Crippen LogP contribution in [0.3, 0.4) is 0 Å². The smallest absolute Gasteiger partial charge is 0.337 e. The number of rotatable bonds is 3. The van der Waals surface area contributed by atoms with E-state index in [-0.39, 0.29) is 34.9 Å². The third kappa shape index (κ3) is 2.35. The summed E-state index contributed by atoms with van der Waals surface area (Å²) in [5, 5.41) is 21.2.